The third-order valence-corrected chi connectivity index (χ3v) is 5.51. The lowest BCUT2D eigenvalue weighted by atomic mass is 9.97. The van der Waals surface area contributed by atoms with Crippen molar-refractivity contribution < 1.29 is 23.9 Å². The maximum Gasteiger partial charge on any atom is 0.253 e. The molecule has 3 rings (SSSR count). The highest BCUT2D eigenvalue weighted by molar-refractivity contribution is 5.98. The van der Waals surface area contributed by atoms with Gasteiger partial charge in [0.2, 0.25) is 0 Å². The Morgan fingerprint density at radius 2 is 1.58 bits per heavy atom. The molecule has 2 aromatic carbocycles. The second kappa shape index (κ2) is 10.1. The van der Waals surface area contributed by atoms with Gasteiger partial charge in [0.1, 0.15) is 11.5 Å². The second-order valence-corrected chi connectivity index (χ2v) is 7.70. The molecule has 1 heterocycles. The number of amides is 2. The number of carbonyl (C=O) groups is 3. The van der Waals surface area contributed by atoms with Crippen molar-refractivity contribution in [2.24, 2.45) is 5.92 Å². The number of methoxy groups -OCH3 is 2. The van der Waals surface area contributed by atoms with Crippen molar-refractivity contribution in [2.75, 3.05) is 33.9 Å². The molecule has 1 fully saturated rings. The van der Waals surface area contributed by atoms with Gasteiger partial charge in [-0.3, -0.25) is 14.4 Å². The molecule has 1 aliphatic heterocycles. The fraction of sp³-hybridized carbons (Fsp3) is 0.375. The molecule has 0 unspecified atom stereocenters. The van der Waals surface area contributed by atoms with Gasteiger partial charge in [-0.15, -0.1) is 0 Å². The number of ether oxygens (including phenoxy) is 2. The van der Waals surface area contributed by atoms with E-state index in [1.54, 1.807) is 42.5 Å². The van der Waals surface area contributed by atoms with E-state index in [1.165, 1.54) is 21.1 Å². The van der Waals surface area contributed by atoms with Crippen molar-refractivity contribution in [1.82, 2.24) is 10.2 Å². The molecule has 164 valence electrons. The minimum absolute atomic E-state index is 0.0265. The van der Waals surface area contributed by atoms with E-state index in [0.717, 1.165) is 12.8 Å². The van der Waals surface area contributed by atoms with Crippen molar-refractivity contribution in [2.45, 2.75) is 19.8 Å². The first-order chi connectivity index (χ1) is 14.9. The van der Waals surface area contributed by atoms with Gasteiger partial charge in [-0.1, -0.05) is 12.1 Å². The molecule has 1 aliphatic rings. The van der Waals surface area contributed by atoms with Gasteiger partial charge >= 0.3 is 0 Å². The Labute approximate surface area is 182 Å². The van der Waals surface area contributed by atoms with Crippen molar-refractivity contribution in [3.8, 4) is 11.5 Å². The van der Waals surface area contributed by atoms with Gasteiger partial charge in [-0.2, -0.15) is 0 Å². The van der Waals surface area contributed by atoms with E-state index in [9.17, 15) is 14.4 Å². The molecule has 31 heavy (non-hydrogen) atoms. The number of nitrogens with one attached hydrogen (secondary N) is 1. The van der Waals surface area contributed by atoms with Crippen LogP contribution >= 0.6 is 0 Å². The average Bonchev–Trinajstić information content (AvgIpc) is 2.81. The van der Waals surface area contributed by atoms with E-state index in [-0.39, 0.29) is 23.5 Å². The number of rotatable bonds is 7. The largest absolute Gasteiger partial charge is 0.497 e. The summed E-state index contributed by atoms with van der Waals surface area (Å²) < 4.78 is 10.4. The Balaban J connectivity index is 1.59. The molecule has 1 atom stereocenters. The predicted octanol–water partition coefficient (Wildman–Crippen LogP) is 3.19. The van der Waals surface area contributed by atoms with Gasteiger partial charge in [0.05, 0.1) is 14.2 Å². The highest BCUT2D eigenvalue weighted by Gasteiger charge is 2.25. The summed E-state index contributed by atoms with van der Waals surface area (Å²) in [5.74, 6) is 0.987. The number of carbonyl (C=O) groups excluding carboxylic acids is 3. The summed E-state index contributed by atoms with van der Waals surface area (Å²) in [6, 6.07) is 11.8. The average molecular weight is 424 g/mol. The summed E-state index contributed by atoms with van der Waals surface area (Å²) in [4.78, 5) is 38.7. The third-order valence-electron chi connectivity index (χ3n) is 5.51. The number of hydrogen-bond donors (Lipinski definition) is 1. The van der Waals surface area contributed by atoms with Crippen LogP contribution in [-0.2, 0) is 0 Å². The van der Waals surface area contributed by atoms with Gasteiger partial charge in [0.15, 0.2) is 5.78 Å². The zero-order chi connectivity index (χ0) is 22.4. The molecule has 0 aliphatic carbocycles. The SMILES string of the molecule is COc1cc(OC)cc(C(=O)NC[C@@H]2CCCN(C(=O)c3ccc(C(C)=O)cc3)C2)c1. The smallest absolute Gasteiger partial charge is 0.253 e. The Kier molecular flexibility index (Phi) is 7.28. The number of benzene rings is 2. The molecular formula is C24H28N2O5. The van der Waals surface area contributed by atoms with Crippen LogP contribution in [-0.4, -0.2) is 56.4 Å². The lowest BCUT2D eigenvalue weighted by Crippen LogP contribution is -2.43. The molecule has 1 saturated heterocycles. The van der Waals surface area contributed by atoms with Crippen LogP contribution in [0.25, 0.3) is 0 Å². The van der Waals surface area contributed by atoms with E-state index in [4.69, 9.17) is 9.47 Å². The summed E-state index contributed by atoms with van der Waals surface area (Å²) in [6.45, 7) is 3.24. The summed E-state index contributed by atoms with van der Waals surface area (Å²) in [5.41, 5.74) is 1.62. The number of piperidine rings is 1. The molecule has 0 aromatic heterocycles. The van der Waals surface area contributed by atoms with Gasteiger partial charge in [0.25, 0.3) is 11.8 Å². The van der Waals surface area contributed by atoms with E-state index in [2.05, 4.69) is 5.32 Å². The quantitative estimate of drug-likeness (QED) is 0.690. The van der Waals surface area contributed by atoms with Gasteiger partial charge in [-0.25, -0.2) is 0 Å². The first-order valence-corrected chi connectivity index (χ1v) is 10.3. The molecule has 0 saturated carbocycles. The molecule has 0 radical (unpaired) electrons. The zero-order valence-electron chi connectivity index (χ0n) is 18.1. The monoisotopic (exact) mass is 424 g/mol. The van der Waals surface area contributed by atoms with Gasteiger partial charge in [-0.05, 0) is 49.9 Å². The highest BCUT2D eigenvalue weighted by Crippen LogP contribution is 2.23. The first-order valence-electron chi connectivity index (χ1n) is 10.3. The maximum atomic E-state index is 12.9. The first kappa shape index (κ1) is 22.3. The zero-order valence-corrected chi connectivity index (χ0v) is 18.1. The minimum atomic E-state index is -0.208. The molecule has 7 nitrogen and oxygen atoms in total. The van der Waals surface area contributed by atoms with Crippen LogP contribution < -0.4 is 14.8 Å². The Morgan fingerprint density at radius 1 is 0.968 bits per heavy atom. The van der Waals surface area contributed by atoms with Crippen LogP contribution in [0.4, 0.5) is 0 Å². The van der Waals surface area contributed by atoms with Crippen LogP contribution in [0.5, 0.6) is 11.5 Å². The van der Waals surface area contributed by atoms with E-state index in [0.29, 0.717) is 47.8 Å². The third kappa shape index (κ3) is 5.63. The van der Waals surface area contributed by atoms with E-state index >= 15 is 0 Å². The Bertz CT molecular complexity index is 933. The number of nitrogens with zero attached hydrogens (tertiary/aromatic N) is 1. The lowest BCUT2D eigenvalue weighted by Gasteiger charge is -2.33. The predicted molar refractivity (Wildman–Crippen MR) is 117 cm³/mol. The Morgan fingerprint density at radius 3 is 2.16 bits per heavy atom. The number of ketones is 1. The molecular weight excluding hydrogens is 396 g/mol. The summed E-state index contributed by atoms with van der Waals surface area (Å²) in [7, 11) is 3.08. The van der Waals surface area contributed by atoms with Gasteiger partial charge < -0.3 is 19.7 Å². The molecule has 1 N–H and O–H groups in total. The summed E-state index contributed by atoms with van der Waals surface area (Å²) in [5, 5.41) is 2.96. The second-order valence-electron chi connectivity index (χ2n) is 7.70. The highest BCUT2D eigenvalue weighted by atomic mass is 16.5. The standard InChI is InChI=1S/C24H28N2O5/c1-16(27)18-6-8-19(9-7-18)24(29)26-10-4-5-17(15-26)14-25-23(28)20-11-21(30-2)13-22(12-20)31-3/h6-9,11-13,17H,4-5,10,14-15H2,1-3H3,(H,25,28)/t17-/m0/s1. The number of Topliss-reactive ketones (excluding diaryl/α,β-unsaturated/α-hetero) is 1. The van der Waals surface area contributed by atoms with Crippen LogP contribution in [0.3, 0.4) is 0 Å². The summed E-state index contributed by atoms with van der Waals surface area (Å²) in [6.07, 6.45) is 1.82. The number of hydrogen-bond acceptors (Lipinski definition) is 5. The van der Waals surface area contributed by atoms with Crippen LogP contribution in [0.1, 0.15) is 50.8 Å². The van der Waals surface area contributed by atoms with E-state index in [1.807, 2.05) is 4.90 Å². The molecule has 2 aromatic rings. The van der Waals surface area contributed by atoms with Crippen LogP contribution in [0, 0.1) is 5.92 Å². The molecule has 7 heteroatoms. The van der Waals surface area contributed by atoms with Crippen molar-refractivity contribution in [3.63, 3.8) is 0 Å². The molecule has 2 amide bonds. The van der Waals surface area contributed by atoms with Crippen molar-refractivity contribution >= 4 is 17.6 Å². The molecule has 0 bridgehead atoms. The van der Waals surface area contributed by atoms with Crippen LogP contribution in [0.15, 0.2) is 42.5 Å². The van der Waals surface area contributed by atoms with Gasteiger partial charge in [0, 0.05) is 42.4 Å². The molecule has 0 spiro atoms. The topological polar surface area (TPSA) is 84.9 Å². The summed E-state index contributed by atoms with van der Waals surface area (Å²) >= 11 is 0. The fourth-order valence-corrected chi connectivity index (χ4v) is 3.72. The fourth-order valence-electron chi connectivity index (χ4n) is 3.72. The van der Waals surface area contributed by atoms with Crippen molar-refractivity contribution in [1.29, 1.82) is 0 Å². The Hall–Kier alpha value is -3.35. The minimum Gasteiger partial charge on any atom is -0.497 e. The normalized spacial score (nSPS) is 15.8. The number of likely N-dealkylation sites (tertiary alicyclic amines) is 1. The lowest BCUT2D eigenvalue weighted by molar-refractivity contribution is 0.0670. The van der Waals surface area contributed by atoms with Crippen molar-refractivity contribution in [3.05, 3.63) is 59.2 Å². The van der Waals surface area contributed by atoms with Crippen LogP contribution in [0.2, 0.25) is 0 Å². The maximum absolute atomic E-state index is 12.9. The van der Waals surface area contributed by atoms with E-state index < -0.39 is 0 Å².